The van der Waals surface area contributed by atoms with Crippen LogP contribution < -0.4 is 25.2 Å². The maximum Gasteiger partial charge on any atom is 0.258 e. The Bertz CT molecular complexity index is 2570. The lowest BCUT2D eigenvalue weighted by Gasteiger charge is -2.48. The van der Waals surface area contributed by atoms with E-state index in [0.29, 0.717) is 72.9 Å². The van der Waals surface area contributed by atoms with Crippen molar-refractivity contribution in [2.75, 3.05) is 54.4 Å². The van der Waals surface area contributed by atoms with E-state index in [-0.39, 0.29) is 29.7 Å². The molecule has 4 aliphatic heterocycles. The van der Waals surface area contributed by atoms with E-state index in [1.54, 1.807) is 23.0 Å². The highest BCUT2D eigenvalue weighted by atomic mass is 16.5. The van der Waals surface area contributed by atoms with Gasteiger partial charge in [0.25, 0.3) is 5.91 Å². The van der Waals surface area contributed by atoms with Crippen LogP contribution in [0.4, 0.5) is 17.3 Å². The van der Waals surface area contributed by atoms with Gasteiger partial charge in [-0.25, -0.2) is 9.67 Å². The molecule has 3 atom stereocenters. The van der Waals surface area contributed by atoms with Crippen LogP contribution in [0.25, 0.3) is 22.3 Å². The number of imide groups is 1. The number of carbonyl (C=O) groups excluding carboxylic acids is 3. The van der Waals surface area contributed by atoms with E-state index in [1.807, 2.05) is 33.0 Å². The highest BCUT2D eigenvalue weighted by Gasteiger charge is 2.35. The van der Waals surface area contributed by atoms with Crippen molar-refractivity contribution in [3.05, 3.63) is 71.3 Å². The number of nitrogens with zero attached hydrogens (tertiary/aromatic N) is 10. The van der Waals surface area contributed by atoms with Crippen LogP contribution in [-0.4, -0.2) is 103 Å². The van der Waals surface area contributed by atoms with Gasteiger partial charge in [0, 0.05) is 81.8 Å². The number of piperazine rings is 1. The van der Waals surface area contributed by atoms with Gasteiger partial charge in [0.2, 0.25) is 23.6 Å². The molecule has 3 amide bonds. The predicted octanol–water partition coefficient (Wildman–Crippen LogP) is 5.50. The number of hydrogen-bond acceptors (Lipinski definition) is 12. The van der Waals surface area contributed by atoms with Crippen LogP contribution in [0, 0.1) is 31.1 Å². The standard InChI is InChI=1S/C46H54N12O4/c1-28-6-5-21-62-45-36(25-48-54(45)4)39-23-31(22-29(2)49-39)43(60)53-46-51-38-9-7-33(24-41(38)58(46)26-28)56-19-20-57(34(27-56)13-16-47)32-14-17-55(18-15-32)40-11-10-37(50-30(40)3)35-8-12-42(59)52-44(35)61/h7,9-11,22-25,28,32,34-35H,5-6,8,12-15,17-21,26-27H2,1-4H3,(H,51,53,60)(H,52,59,61)/t28-,34+,35?/m1/s1. The van der Waals surface area contributed by atoms with Crippen molar-refractivity contribution in [2.24, 2.45) is 13.0 Å². The minimum absolute atomic E-state index is 0.0810. The Kier molecular flexibility index (Phi) is 11.4. The van der Waals surface area contributed by atoms with Gasteiger partial charge in [0.1, 0.15) is 0 Å². The summed E-state index contributed by atoms with van der Waals surface area (Å²) in [6.07, 6.45) is 6.70. The van der Waals surface area contributed by atoms with Crippen LogP contribution in [0.5, 0.6) is 5.88 Å². The number of carbonyl (C=O) groups is 3. The second-order valence-corrected chi connectivity index (χ2v) is 17.4. The van der Waals surface area contributed by atoms with Gasteiger partial charge in [-0.15, -0.1) is 0 Å². The number of ether oxygens (including phenoxy) is 1. The van der Waals surface area contributed by atoms with Crippen molar-refractivity contribution >= 4 is 46.1 Å². The number of nitrogens with one attached hydrogen (secondary N) is 2. The molecule has 0 spiro atoms. The lowest BCUT2D eigenvalue weighted by Crippen LogP contribution is -2.58. The molecule has 9 rings (SSSR count). The Morgan fingerprint density at radius 2 is 1.74 bits per heavy atom. The van der Waals surface area contributed by atoms with E-state index in [4.69, 9.17) is 19.7 Å². The molecule has 1 unspecified atom stereocenters. The van der Waals surface area contributed by atoms with Crippen molar-refractivity contribution in [3.63, 3.8) is 0 Å². The highest BCUT2D eigenvalue weighted by molar-refractivity contribution is 6.05. The third kappa shape index (κ3) is 8.21. The van der Waals surface area contributed by atoms with E-state index >= 15 is 0 Å². The normalized spacial score (nSPS) is 21.9. The average molecular weight is 839 g/mol. The van der Waals surface area contributed by atoms with Crippen molar-refractivity contribution < 1.29 is 19.1 Å². The molecule has 4 aliphatic rings. The summed E-state index contributed by atoms with van der Waals surface area (Å²) in [5.41, 5.74) is 8.08. The number of amides is 3. The number of fused-ring (bicyclic) bond motifs is 7. The number of rotatable bonds is 5. The van der Waals surface area contributed by atoms with Gasteiger partial charge < -0.3 is 19.1 Å². The molecule has 2 bridgehead atoms. The van der Waals surface area contributed by atoms with Crippen LogP contribution in [0.2, 0.25) is 0 Å². The van der Waals surface area contributed by atoms with Gasteiger partial charge in [-0.05, 0) is 94.3 Å². The Hall–Kier alpha value is -6.34. The molecule has 8 heterocycles. The summed E-state index contributed by atoms with van der Waals surface area (Å²) in [5.74, 6) is 0.249. The number of anilines is 3. The zero-order valence-electron chi connectivity index (χ0n) is 35.9. The zero-order chi connectivity index (χ0) is 43.1. The maximum absolute atomic E-state index is 14.0. The number of hydrogen-bond donors (Lipinski definition) is 2. The number of aromatic nitrogens is 6. The molecule has 2 N–H and O–H groups in total. The van der Waals surface area contributed by atoms with Crippen LogP contribution in [-0.2, 0) is 23.2 Å². The topological polar surface area (TPSA) is 179 Å². The largest absolute Gasteiger partial charge is 0.477 e. The fraction of sp³-hybridized carbons (Fsp3) is 0.478. The number of benzene rings is 1. The van der Waals surface area contributed by atoms with Crippen LogP contribution in [0.1, 0.15) is 85.2 Å². The number of aryl methyl sites for hydroxylation is 3. The molecule has 16 heteroatoms. The SMILES string of the molecule is Cc1cc2cc(n1)-c1cnn(C)c1OCCC[C@@H](C)Cn1c(nc3ccc(N4CCN(C5CCN(c6ccc(C7CCC(=O)NC7=O)nc6C)CC5)[C@@H](CC#N)C4)cc31)NC2=O. The molecule has 3 saturated heterocycles. The smallest absolute Gasteiger partial charge is 0.258 e. The fourth-order valence-corrected chi connectivity index (χ4v) is 9.86. The zero-order valence-corrected chi connectivity index (χ0v) is 35.9. The molecular formula is C46H54N12O4. The maximum atomic E-state index is 14.0. The van der Waals surface area contributed by atoms with Gasteiger partial charge in [-0.1, -0.05) is 6.92 Å². The summed E-state index contributed by atoms with van der Waals surface area (Å²) in [5, 5.41) is 20.0. The van der Waals surface area contributed by atoms with Crippen LogP contribution in [0.15, 0.2) is 48.7 Å². The third-order valence-corrected chi connectivity index (χ3v) is 13.1. The van der Waals surface area contributed by atoms with Gasteiger partial charge in [-0.3, -0.25) is 39.9 Å². The number of nitriles is 1. The van der Waals surface area contributed by atoms with Crippen LogP contribution in [0.3, 0.4) is 0 Å². The van der Waals surface area contributed by atoms with Crippen molar-refractivity contribution in [2.45, 2.75) is 90.3 Å². The summed E-state index contributed by atoms with van der Waals surface area (Å²) in [6, 6.07) is 16.9. The Morgan fingerprint density at radius 1 is 0.903 bits per heavy atom. The molecule has 4 aromatic heterocycles. The minimum atomic E-state index is -0.400. The van der Waals surface area contributed by atoms with Gasteiger partial charge in [0.15, 0.2) is 0 Å². The van der Waals surface area contributed by atoms with Crippen molar-refractivity contribution in [1.29, 1.82) is 5.26 Å². The molecule has 1 aromatic carbocycles. The van der Waals surface area contributed by atoms with E-state index < -0.39 is 5.92 Å². The Labute approximate surface area is 361 Å². The summed E-state index contributed by atoms with van der Waals surface area (Å²) in [6.45, 7) is 11.5. The van der Waals surface area contributed by atoms with Gasteiger partial charge >= 0.3 is 0 Å². The van der Waals surface area contributed by atoms with Gasteiger partial charge in [-0.2, -0.15) is 10.4 Å². The van der Waals surface area contributed by atoms with E-state index in [9.17, 15) is 19.6 Å². The molecule has 62 heavy (non-hydrogen) atoms. The number of piperidine rings is 2. The molecule has 3 fully saturated rings. The third-order valence-electron chi connectivity index (χ3n) is 13.1. The summed E-state index contributed by atoms with van der Waals surface area (Å²) in [4.78, 5) is 60.0. The molecular weight excluding hydrogens is 785 g/mol. The predicted molar refractivity (Wildman–Crippen MR) is 235 cm³/mol. The monoisotopic (exact) mass is 838 g/mol. The van der Waals surface area contributed by atoms with Crippen molar-refractivity contribution in [3.8, 4) is 23.2 Å². The first-order valence-electron chi connectivity index (χ1n) is 21.9. The lowest BCUT2D eigenvalue weighted by molar-refractivity contribution is -0.134. The molecule has 322 valence electrons. The van der Waals surface area contributed by atoms with Crippen LogP contribution >= 0.6 is 0 Å². The average Bonchev–Trinajstić information content (AvgIpc) is 3.80. The second-order valence-electron chi connectivity index (χ2n) is 17.4. The molecule has 0 radical (unpaired) electrons. The van der Waals surface area contributed by atoms with Gasteiger partial charge in [0.05, 0.1) is 70.6 Å². The van der Waals surface area contributed by atoms with Crippen molar-refractivity contribution in [1.82, 2.24) is 39.5 Å². The lowest BCUT2D eigenvalue weighted by atomic mass is 9.93. The first kappa shape index (κ1) is 41.0. The summed E-state index contributed by atoms with van der Waals surface area (Å²) < 4.78 is 10.1. The quantitative estimate of drug-likeness (QED) is 0.213. The Balaban J connectivity index is 0.907. The van der Waals surface area contributed by atoms with E-state index in [1.165, 1.54) is 0 Å². The molecule has 5 aromatic rings. The van der Waals surface area contributed by atoms with E-state index in [0.717, 1.165) is 92.1 Å². The Morgan fingerprint density at radius 3 is 2.53 bits per heavy atom. The molecule has 0 aliphatic carbocycles. The molecule has 16 nitrogen and oxygen atoms in total. The first-order chi connectivity index (χ1) is 30.0. The number of pyridine rings is 2. The fourth-order valence-electron chi connectivity index (χ4n) is 9.86. The summed E-state index contributed by atoms with van der Waals surface area (Å²) >= 11 is 0. The second kappa shape index (κ2) is 17.2. The van der Waals surface area contributed by atoms with E-state index in [2.05, 4.69) is 66.2 Å². The number of imidazole rings is 1. The molecule has 0 saturated carbocycles. The highest BCUT2D eigenvalue weighted by Crippen LogP contribution is 2.34. The first-order valence-corrected chi connectivity index (χ1v) is 21.9. The summed E-state index contributed by atoms with van der Waals surface area (Å²) in [7, 11) is 1.85. The minimum Gasteiger partial charge on any atom is -0.477 e.